The Bertz CT molecular complexity index is 724. The number of hydrogen-bond acceptors (Lipinski definition) is 4. The van der Waals surface area contributed by atoms with Gasteiger partial charge < -0.3 is 10.2 Å². The number of carboxylic acids is 1. The number of para-hydroxylation sites is 1. The first kappa shape index (κ1) is 14.3. The number of carbonyl (C=O) groups is 3. The summed E-state index contributed by atoms with van der Waals surface area (Å²) in [5.74, 6) is -2.93. The van der Waals surface area contributed by atoms with E-state index in [-0.39, 0.29) is 22.4 Å². The van der Waals surface area contributed by atoms with Gasteiger partial charge in [-0.15, -0.1) is 0 Å². The van der Waals surface area contributed by atoms with Crippen molar-refractivity contribution in [3.63, 3.8) is 0 Å². The highest BCUT2D eigenvalue weighted by Crippen LogP contribution is 2.15. The Kier molecular flexibility index (Phi) is 3.99. The molecule has 0 heterocycles. The van der Waals surface area contributed by atoms with Gasteiger partial charge in [-0.25, -0.2) is 4.79 Å². The zero-order valence-corrected chi connectivity index (χ0v) is 10.7. The number of phenols is 1. The number of carboxylic acid groups (broad SMARTS) is 1. The average Bonchev–Trinajstić information content (AvgIpc) is 2.47. The summed E-state index contributed by atoms with van der Waals surface area (Å²) in [6.07, 6.45) is 0. The third-order valence-corrected chi connectivity index (χ3v) is 2.75. The summed E-state index contributed by atoms with van der Waals surface area (Å²) in [4.78, 5) is 34.6. The molecule has 0 spiro atoms. The number of hydrogen-bond donors (Lipinski definition) is 3. The normalized spacial score (nSPS) is 9.90. The lowest BCUT2D eigenvalue weighted by atomic mass is 10.1. The first-order chi connectivity index (χ1) is 9.99. The lowest BCUT2D eigenvalue weighted by Gasteiger charge is -2.06. The molecule has 0 unspecified atom stereocenters. The number of amides is 2. The summed E-state index contributed by atoms with van der Waals surface area (Å²) >= 11 is 0. The number of carbonyl (C=O) groups excluding carboxylic acids is 2. The highest BCUT2D eigenvalue weighted by atomic mass is 16.4. The Labute approximate surface area is 119 Å². The van der Waals surface area contributed by atoms with Crippen LogP contribution in [0.5, 0.6) is 5.75 Å². The number of phenolic OH excluding ortho intramolecular Hbond substituents is 1. The second kappa shape index (κ2) is 5.87. The zero-order chi connectivity index (χ0) is 15.4. The van der Waals surface area contributed by atoms with Crippen molar-refractivity contribution in [2.24, 2.45) is 0 Å². The molecule has 2 rings (SSSR count). The minimum atomic E-state index is -1.17. The summed E-state index contributed by atoms with van der Waals surface area (Å²) in [5.41, 5.74) is -0.0587. The average molecular weight is 285 g/mol. The molecule has 0 aliphatic heterocycles. The molecule has 0 saturated heterocycles. The van der Waals surface area contributed by atoms with Gasteiger partial charge in [0.2, 0.25) is 0 Å². The fourth-order valence-corrected chi connectivity index (χ4v) is 1.70. The summed E-state index contributed by atoms with van der Waals surface area (Å²) in [7, 11) is 0. The van der Waals surface area contributed by atoms with Crippen LogP contribution in [-0.2, 0) is 0 Å². The Morgan fingerprint density at radius 1 is 0.857 bits per heavy atom. The predicted octanol–water partition coefficient (Wildman–Crippen LogP) is 1.66. The third kappa shape index (κ3) is 3.24. The molecule has 0 atom stereocenters. The predicted molar refractivity (Wildman–Crippen MR) is 73.3 cm³/mol. The van der Waals surface area contributed by atoms with Crippen LogP contribution in [0.1, 0.15) is 31.1 Å². The van der Waals surface area contributed by atoms with E-state index in [1.54, 1.807) is 12.1 Å². The van der Waals surface area contributed by atoms with Crippen LogP contribution >= 0.6 is 0 Å². The van der Waals surface area contributed by atoms with Gasteiger partial charge in [-0.1, -0.05) is 18.2 Å². The van der Waals surface area contributed by atoms with Crippen LogP contribution < -0.4 is 5.32 Å². The number of aromatic carboxylic acids is 1. The van der Waals surface area contributed by atoms with Crippen LogP contribution in [0.15, 0.2) is 48.5 Å². The van der Waals surface area contributed by atoms with Gasteiger partial charge in [0.1, 0.15) is 5.75 Å². The largest absolute Gasteiger partial charge is 0.507 e. The van der Waals surface area contributed by atoms with Crippen molar-refractivity contribution in [2.45, 2.75) is 0 Å². The maximum atomic E-state index is 11.9. The number of imide groups is 1. The van der Waals surface area contributed by atoms with Crippen molar-refractivity contribution >= 4 is 17.8 Å². The molecule has 2 aromatic carbocycles. The van der Waals surface area contributed by atoms with Crippen LogP contribution in [0.3, 0.4) is 0 Å². The summed E-state index contributed by atoms with van der Waals surface area (Å²) < 4.78 is 0. The highest BCUT2D eigenvalue weighted by Gasteiger charge is 2.16. The molecular formula is C15H11NO5. The van der Waals surface area contributed by atoms with E-state index in [2.05, 4.69) is 5.32 Å². The summed E-state index contributed by atoms with van der Waals surface area (Å²) in [6, 6.07) is 11.1. The van der Waals surface area contributed by atoms with Gasteiger partial charge in [0.25, 0.3) is 11.8 Å². The van der Waals surface area contributed by atoms with Gasteiger partial charge in [-0.3, -0.25) is 14.9 Å². The number of rotatable bonds is 3. The molecule has 2 aromatic rings. The molecule has 6 heteroatoms. The van der Waals surface area contributed by atoms with E-state index in [4.69, 9.17) is 5.11 Å². The van der Waals surface area contributed by atoms with Gasteiger partial charge in [-0.05, 0) is 30.3 Å². The van der Waals surface area contributed by atoms with Crippen LogP contribution in [0, 0.1) is 0 Å². The first-order valence-corrected chi connectivity index (χ1v) is 5.96. The van der Waals surface area contributed by atoms with Crippen molar-refractivity contribution in [2.75, 3.05) is 0 Å². The van der Waals surface area contributed by atoms with Gasteiger partial charge in [0.05, 0.1) is 11.1 Å². The number of benzene rings is 2. The Morgan fingerprint density at radius 2 is 1.52 bits per heavy atom. The quantitative estimate of drug-likeness (QED) is 0.744. The molecule has 0 aromatic heterocycles. The van der Waals surface area contributed by atoms with Crippen molar-refractivity contribution < 1.29 is 24.6 Å². The first-order valence-electron chi connectivity index (χ1n) is 5.96. The monoisotopic (exact) mass is 285 g/mol. The second-order valence-corrected chi connectivity index (χ2v) is 4.19. The molecule has 106 valence electrons. The van der Waals surface area contributed by atoms with Crippen LogP contribution in [0.2, 0.25) is 0 Å². The molecule has 2 amide bonds. The molecule has 0 radical (unpaired) electrons. The van der Waals surface area contributed by atoms with E-state index in [1.807, 2.05) is 0 Å². The number of nitrogens with one attached hydrogen (secondary N) is 1. The molecule has 21 heavy (non-hydrogen) atoms. The molecule has 6 nitrogen and oxygen atoms in total. The zero-order valence-electron chi connectivity index (χ0n) is 10.7. The van der Waals surface area contributed by atoms with E-state index in [9.17, 15) is 19.5 Å². The van der Waals surface area contributed by atoms with Gasteiger partial charge in [0, 0.05) is 5.56 Å². The minimum Gasteiger partial charge on any atom is -0.507 e. The lowest BCUT2D eigenvalue weighted by Crippen LogP contribution is -2.30. The Hall–Kier alpha value is -3.15. The van der Waals surface area contributed by atoms with Crippen LogP contribution in [0.4, 0.5) is 0 Å². The third-order valence-electron chi connectivity index (χ3n) is 2.75. The smallest absolute Gasteiger partial charge is 0.335 e. The van der Waals surface area contributed by atoms with Gasteiger partial charge in [0.15, 0.2) is 0 Å². The minimum absolute atomic E-state index is 0.0404. The highest BCUT2D eigenvalue weighted by molar-refractivity contribution is 6.11. The standard InChI is InChI=1S/C15H11NO5/c17-12-7-2-1-6-11(12)14(19)16-13(18)9-4-3-5-10(8-9)15(20)21/h1-8,17H,(H,20,21)(H,16,18,19). The van der Waals surface area contributed by atoms with Crippen molar-refractivity contribution in [1.82, 2.24) is 5.32 Å². The SMILES string of the molecule is O=C(O)c1cccc(C(=O)NC(=O)c2ccccc2O)c1. The summed E-state index contributed by atoms with van der Waals surface area (Å²) in [5, 5.41) is 20.5. The fraction of sp³-hybridized carbons (Fsp3) is 0. The molecule has 0 bridgehead atoms. The maximum Gasteiger partial charge on any atom is 0.335 e. The van der Waals surface area contributed by atoms with Gasteiger partial charge >= 0.3 is 5.97 Å². The van der Waals surface area contributed by atoms with E-state index in [0.29, 0.717) is 0 Å². The molecule has 0 aliphatic rings. The number of aromatic hydroxyl groups is 1. The second-order valence-electron chi connectivity index (χ2n) is 4.19. The Balaban J connectivity index is 2.19. The van der Waals surface area contributed by atoms with Crippen molar-refractivity contribution in [3.05, 3.63) is 65.2 Å². The molecule has 0 fully saturated rings. The van der Waals surface area contributed by atoms with E-state index in [0.717, 1.165) is 6.07 Å². The van der Waals surface area contributed by atoms with Crippen LogP contribution in [-0.4, -0.2) is 28.0 Å². The van der Waals surface area contributed by atoms with Crippen LogP contribution in [0.25, 0.3) is 0 Å². The van der Waals surface area contributed by atoms with E-state index in [1.165, 1.54) is 30.3 Å². The topological polar surface area (TPSA) is 104 Å². The van der Waals surface area contributed by atoms with Crippen molar-refractivity contribution in [3.8, 4) is 5.75 Å². The molecular weight excluding hydrogens is 274 g/mol. The Morgan fingerprint density at radius 3 is 2.19 bits per heavy atom. The lowest BCUT2D eigenvalue weighted by molar-refractivity contribution is 0.0696. The van der Waals surface area contributed by atoms with Gasteiger partial charge in [-0.2, -0.15) is 0 Å². The fourth-order valence-electron chi connectivity index (χ4n) is 1.70. The maximum absolute atomic E-state index is 11.9. The van der Waals surface area contributed by atoms with E-state index >= 15 is 0 Å². The summed E-state index contributed by atoms with van der Waals surface area (Å²) in [6.45, 7) is 0. The molecule has 0 aliphatic carbocycles. The molecule has 3 N–H and O–H groups in total. The van der Waals surface area contributed by atoms with Crippen molar-refractivity contribution in [1.29, 1.82) is 0 Å². The van der Waals surface area contributed by atoms with E-state index < -0.39 is 17.8 Å². The molecule has 0 saturated carbocycles.